The van der Waals surface area contributed by atoms with Crippen LogP contribution in [0.15, 0.2) is 0 Å². The predicted octanol–water partition coefficient (Wildman–Crippen LogP) is 0.866. The summed E-state index contributed by atoms with van der Waals surface area (Å²) in [7, 11) is 0. The Morgan fingerprint density at radius 2 is 2.12 bits per heavy atom. The van der Waals surface area contributed by atoms with Gasteiger partial charge < -0.3 is 14.8 Å². The maximum Gasteiger partial charge on any atom is 0.0726 e. The van der Waals surface area contributed by atoms with Gasteiger partial charge in [-0.3, -0.25) is 4.90 Å². The quantitative estimate of drug-likeness (QED) is 0.701. The highest BCUT2D eigenvalue weighted by Gasteiger charge is 2.21. The van der Waals surface area contributed by atoms with Gasteiger partial charge in [-0.1, -0.05) is 0 Å². The van der Waals surface area contributed by atoms with Gasteiger partial charge in [0.1, 0.15) is 0 Å². The van der Waals surface area contributed by atoms with Crippen LogP contribution in [0, 0.1) is 0 Å². The molecular weight excluding hydrogens is 216 g/mol. The molecule has 100 valence electrons. The van der Waals surface area contributed by atoms with Gasteiger partial charge in [-0.25, -0.2) is 0 Å². The van der Waals surface area contributed by atoms with Crippen LogP contribution in [0.5, 0.6) is 0 Å². The lowest BCUT2D eigenvalue weighted by Gasteiger charge is -2.27. The van der Waals surface area contributed by atoms with Crippen molar-refractivity contribution in [3.63, 3.8) is 0 Å². The molecule has 2 fully saturated rings. The Morgan fingerprint density at radius 1 is 1.29 bits per heavy atom. The Hall–Kier alpha value is -0.160. The molecule has 0 aromatic carbocycles. The topological polar surface area (TPSA) is 33.7 Å². The maximum absolute atomic E-state index is 5.67. The second-order valence-corrected chi connectivity index (χ2v) is 5.10. The SMILES string of the molecule is C[C@@H](NCCCN1CCOCC1)[C@H]1CCCO1. The number of nitrogens with zero attached hydrogens (tertiary/aromatic N) is 1. The lowest BCUT2D eigenvalue weighted by atomic mass is 10.1. The Bertz CT molecular complexity index is 202. The smallest absolute Gasteiger partial charge is 0.0726 e. The molecule has 0 bridgehead atoms. The van der Waals surface area contributed by atoms with Crippen LogP contribution in [-0.2, 0) is 9.47 Å². The van der Waals surface area contributed by atoms with E-state index in [0.29, 0.717) is 12.1 Å². The molecule has 2 heterocycles. The normalized spacial score (nSPS) is 28.4. The largest absolute Gasteiger partial charge is 0.379 e. The van der Waals surface area contributed by atoms with Crippen LogP contribution in [0.4, 0.5) is 0 Å². The van der Waals surface area contributed by atoms with E-state index in [-0.39, 0.29) is 0 Å². The molecule has 0 aromatic heterocycles. The fourth-order valence-corrected chi connectivity index (χ4v) is 2.59. The average molecular weight is 242 g/mol. The monoisotopic (exact) mass is 242 g/mol. The van der Waals surface area contributed by atoms with Crippen LogP contribution >= 0.6 is 0 Å². The fourth-order valence-electron chi connectivity index (χ4n) is 2.59. The molecule has 2 saturated heterocycles. The van der Waals surface area contributed by atoms with Gasteiger partial charge in [-0.2, -0.15) is 0 Å². The van der Waals surface area contributed by atoms with E-state index >= 15 is 0 Å². The molecule has 0 amide bonds. The van der Waals surface area contributed by atoms with Crippen molar-refractivity contribution in [2.24, 2.45) is 0 Å². The third-order valence-corrected chi connectivity index (χ3v) is 3.74. The molecule has 4 heteroatoms. The van der Waals surface area contributed by atoms with Crippen molar-refractivity contribution in [3.05, 3.63) is 0 Å². The highest BCUT2D eigenvalue weighted by molar-refractivity contribution is 4.76. The standard InChI is InChI=1S/C13H26N2O2/c1-12(13-4-2-9-17-13)14-5-3-6-15-7-10-16-11-8-15/h12-14H,2-11H2,1H3/t12-,13-/m1/s1. The van der Waals surface area contributed by atoms with E-state index in [9.17, 15) is 0 Å². The van der Waals surface area contributed by atoms with Crippen molar-refractivity contribution >= 4 is 0 Å². The second kappa shape index (κ2) is 7.31. The summed E-state index contributed by atoms with van der Waals surface area (Å²) in [6.07, 6.45) is 4.11. The minimum Gasteiger partial charge on any atom is -0.379 e. The highest BCUT2D eigenvalue weighted by Crippen LogP contribution is 2.15. The van der Waals surface area contributed by atoms with Crippen molar-refractivity contribution < 1.29 is 9.47 Å². The van der Waals surface area contributed by atoms with Gasteiger partial charge in [0.25, 0.3) is 0 Å². The minimum absolute atomic E-state index is 0.443. The molecule has 4 nitrogen and oxygen atoms in total. The van der Waals surface area contributed by atoms with Crippen LogP contribution in [0.3, 0.4) is 0 Å². The number of ether oxygens (including phenoxy) is 2. The summed E-state index contributed by atoms with van der Waals surface area (Å²) in [4.78, 5) is 2.49. The average Bonchev–Trinajstić information content (AvgIpc) is 2.89. The number of hydrogen-bond acceptors (Lipinski definition) is 4. The molecule has 2 rings (SSSR count). The first-order chi connectivity index (χ1) is 8.36. The van der Waals surface area contributed by atoms with Crippen LogP contribution in [0.25, 0.3) is 0 Å². The Kier molecular flexibility index (Phi) is 5.71. The van der Waals surface area contributed by atoms with Gasteiger partial charge in [-0.05, 0) is 39.3 Å². The molecule has 17 heavy (non-hydrogen) atoms. The molecule has 0 unspecified atom stereocenters. The van der Waals surface area contributed by atoms with Gasteiger partial charge >= 0.3 is 0 Å². The Labute approximate surface area is 105 Å². The fraction of sp³-hybridized carbons (Fsp3) is 1.00. The van der Waals surface area contributed by atoms with Gasteiger partial charge in [0.2, 0.25) is 0 Å². The second-order valence-electron chi connectivity index (χ2n) is 5.10. The molecule has 1 N–H and O–H groups in total. The van der Waals surface area contributed by atoms with Gasteiger partial charge in [0.15, 0.2) is 0 Å². The molecule has 2 aliphatic rings. The Morgan fingerprint density at radius 3 is 2.82 bits per heavy atom. The summed E-state index contributed by atoms with van der Waals surface area (Å²) in [5.74, 6) is 0. The van der Waals surface area contributed by atoms with Crippen molar-refractivity contribution in [1.82, 2.24) is 10.2 Å². The lowest BCUT2D eigenvalue weighted by molar-refractivity contribution is 0.0369. The van der Waals surface area contributed by atoms with Crippen molar-refractivity contribution in [2.45, 2.75) is 38.3 Å². The summed E-state index contributed by atoms with van der Waals surface area (Å²) in [5, 5.41) is 3.58. The van der Waals surface area contributed by atoms with Gasteiger partial charge in [-0.15, -0.1) is 0 Å². The molecule has 0 spiro atoms. The van der Waals surface area contributed by atoms with Crippen LogP contribution in [0.1, 0.15) is 26.2 Å². The summed E-state index contributed by atoms with van der Waals surface area (Å²) < 4.78 is 11.0. The molecule has 2 atom stereocenters. The summed E-state index contributed by atoms with van der Waals surface area (Å²) in [5.41, 5.74) is 0. The van der Waals surface area contributed by atoms with E-state index in [0.717, 1.165) is 39.5 Å². The Balaban J connectivity index is 1.50. The first-order valence-electron chi connectivity index (χ1n) is 7.01. The molecule has 2 aliphatic heterocycles. The minimum atomic E-state index is 0.443. The molecule has 0 aromatic rings. The maximum atomic E-state index is 5.67. The van der Waals surface area contributed by atoms with E-state index in [1.807, 2.05) is 0 Å². The zero-order valence-electron chi connectivity index (χ0n) is 11.0. The first-order valence-corrected chi connectivity index (χ1v) is 7.01. The van der Waals surface area contributed by atoms with E-state index in [1.54, 1.807) is 0 Å². The van der Waals surface area contributed by atoms with Gasteiger partial charge in [0.05, 0.1) is 19.3 Å². The number of hydrogen-bond donors (Lipinski definition) is 1. The van der Waals surface area contributed by atoms with Crippen molar-refractivity contribution in [2.75, 3.05) is 46.0 Å². The summed E-state index contributed by atoms with van der Waals surface area (Å²) >= 11 is 0. The van der Waals surface area contributed by atoms with Crippen LogP contribution in [-0.4, -0.2) is 63.0 Å². The van der Waals surface area contributed by atoms with Crippen LogP contribution in [0.2, 0.25) is 0 Å². The number of rotatable bonds is 6. The molecule has 0 saturated carbocycles. The van der Waals surface area contributed by atoms with Crippen molar-refractivity contribution in [3.8, 4) is 0 Å². The zero-order chi connectivity index (χ0) is 11.9. The highest BCUT2D eigenvalue weighted by atomic mass is 16.5. The van der Waals surface area contributed by atoms with E-state index in [1.165, 1.54) is 25.8 Å². The number of morpholine rings is 1. The number of nitrogens with one attached hydrogen (secondary N) is 1. The zero-order valence-corrected chi connectivity index (χ0v) is 11.0. The van der Waals surface area contributed by atoms with Gasteiger partial charge in [0, 0.05) is 25.7 Å². The lowest BCUT2D eigenvalue weighted by Crippen LogP contribution is -2.40. The third-order valence-electron chi connectivity index (χ3n) is 3.74. The van der Waals surface area contributed by atoms with E-state index in [2.05, 4.69) is 17.1 Å². The first kappa shape index (κ1) is 13.3. The summed E-state index contributed by atoms with van der Waals surface area (Å²) in [6, 6.07) is 0.502. The third kappa shape index (κ3) is 4.54. The predicted molar refractivity (Wildman–Crippen MR) is 68.3 cm³/mol. The van der Waals surface area contributed by atoms with E-state index < -0.39 is 0 Å². The van der Waals surface area contributed by atoms with Crippen molar-refractivity contribution in [1.29, 1.82) is 0 Å². The molecule has 0 aliphatic carbocycles. The molecule has 0 radical (unpaired) electrons. The molecular formula is C13H26N2O2. The van der Waals surface area contributed by atoms with Crippen LogP contribution < -0.4 is 5.32 Å². The summed E-state index contributed by atoms with van der Waals surface area (Å²) in [6.45, 7) is 9.48. The van der Waals surface area contributed by atoms with E-state index in [4.69, 9.17) is 9.47 Å².